The summed E-state index contributed by atoms with van der Waals surface area (Å²) in [6.07, 6.45) is 3.29. The number of hydrogen-bond acceptors (Lipinski definition) is 4. The molecule has 0 radical (unpaired) electrons. The summed E-state index contributed by atoms with van der Waals surface area (Å²) < 4.78 is 33.3. The number of methoxy groups -OCH3 is 1. The predicted octanol–water partition coefficient (Wildman–Crippen LogP) is 4.91. The van der Waals surface area contributed by atoms with Crippen molar-refractivity contribution in [3.05, 3.63) is 88.4 Å². The zero-order valence-corrected chi connectivity index (χ0v) is 20.7. The van der Waals surface area contributed by atoms with E-state index in [1.54, 1.807) is 30.3 Å². The minimum atomic E-state index is -4.04. The summed E-state index contributed by atoms with van der Waals surface area (Å²) in [7, 11) is -2.53. The van der Waals surface area contributed by atoms with E-state index in [-0.39, 0.29) is 17.5 Å². The lowest BCUT2D eigenvalue weighted by molar-refractivity contribution is -0.120. The van der Waals surface area contributed by atoms with E-state index in [0.29, 0.717) is 16.5 Å². The van der Waals surface area contributed by atoms with Crippen LogP contribution in [0.4, 0.5) is 5.69 Å². The molecule has 178 valence electrons. The van der Waals surface area contributed by atoms with Crippen molar-refractivity contribution in [3.63, 3.8) is 0 Å². The van der Waals surface area contributed by atoms with Crippen molar-refractivity contribution in [3.8, 4) is 5.75 Å². The van der Waals surface area contributed by atoms with E-state index >= 15 is 0 Å². The van der Waals surface area contributed by atoms with Crippen molar-refractivity contribution < 1.29 is 17.9 Å². The van der Waals surface area contributed by atoms with Crippen molar-refractivity contribution in [1.29, 1.82) is 0 Å². The molecule has 6 nitrogen and oxygen atoms in total. The molecule has 0 bridgehead atoms. The summed E-state index contributed by atoms with van der Waals surface area (Å²) in [6, 6.07) is 18.5. The number of hydrogen-bond donors (Lipinski definition) is 1. The Morgan fingerprint density at radius 1 is 1.06 bits per heavy atom. The molecule has 1 atom stereocenters. The minimum Gasteiger partial charge on any atom is -0.497 e. The van der Waals surface area contributed by atoms with Gasteiger partial charge in [-0.05, 0) is 85.3 Å². The lowest BCUT2D eigenvalue weighted by Gasteiger charge is -2.25. The van der Waals surface area contributed by atoms with Crippen molar-refractivity contribution in [2.24, 2.45) is 0 Å². The number of carbonyl (C=O) groups is 1. The first kappa shape index (κ1) is 24.1. The van der Waals surface area contributed by atoms with Gasteiger partial charge in [0.2, 0.25) is 5.91 Å². The first-order chi connectivity index (χ1) is 16.3. The maximum atomic E-state index is 13.5. The molecule has 3 aromatic rings. The number of nitrogens with zero attached hydrogens (tertiary/aromatic N) is 1. The van der Waals surface area contributed by atoms with Crippen LogP contribution in [0.5, 0.6) is 5.75 Å². The molecular formula is C26H27ClN2O4S. The Labute approximate surface area is 205 Å². The highest BCUT2D eigenvalue weighted by Crippen LogP contribution is 2.28. The monoisotopic (exact) mass is 498 g/mol. The van der Waals surface area contributed by atoms with Gasteiger partial charge in [0.15, 0.2) is 0 Å². The SMILES string of the molecule is COc1ccc(S(=O)(=O)N(CC(=O)N[C@H](C)c2ccc3c(c2)CCC3)c2cccc(Cl)c2)cc1. The van der Waals surface area contributed by atoms with Crippen LogP contribution >= 0.6 is 11.6 Å². The molecule has 4 rings (SSSR count). The van der Waals surface area contributed by atoms with Gasteiger partial charge in [-0.25, -0.2) is 8.42 Å². The van der Waals surface area contributed by atoms with E-state index in [1.165, 1.54) is 36.4 Å². The van der Waals surface area contributed by atoms with Gasteiger partial charge in [-0.3, -0.25) is 9.10 Å². The average molecular weight is 499 g/mol. The number of ether oxygens (including phenoxy) is 1. The Kier molecular flexibility index (Phi) is 7.14. The fourth-order valence-corrected chi connectivity index (χ4v) is 5.78. The maximum absolute atomic E-state index is 13.5. The lowest BCUT2D eigenvalue weighted by atomic mass is 10.0. The van der Waals surface area contributed by atoms with Crippen LogP contribution in [0, 0.1) is 0 Å². The van der Waals surface area contributed by atoms with Gasteiger partial charge in [0.25, 0.3) is 10.0 Å². The highest BCUT2D eigenvalue weighted by molar-refractivity contribution is 7.92. The Morgan fingerprint density at radius 3 is 2.50 bits per heavy atom. The summed E-state index contributed by atoms with van der Waals surface area (Å²) in [5.41, 5.74) is 3.99. The van der Waals surface area contributed by atoms with Crippen LogP contribution in [0.15, 0.2) is 71.6 Å². The Balaban J connectivity index is 1.58. The zero-order valence-electron chi connectivity index (χ0n) is 19.1. The van der Waals surface area contributed by atoms with Crippen molar-refractivity contribution >= 4 is 33.2 Å². The van der Waals surface area contributed by atoms with Crippen LogP contribution in [0.25, 0.3) is 0 Å². The van der Waals surface area contributed by atoms with Gasteiger partial charge >= 0.3 is 0 Å². The molecule has 3 aromatic carbocycles. The number of rotatable bonds is 8. The molecule has 1 aliphatic rings. The molecule has 34 heavy (non-hydrogen) atoms. The van der Waals surface area contributed by atoms with Crippen molar-refractivity contribution in [2.75, 3.05) is 18.0 Å². The number of amides is 1. The Morgan fingerprint density at radius 2 is 1.79 bits per heavy atom. The molecular weight excluding hydrogens is 472 g/mol. The molecule has 0 spiro atoms. The maximum Gasteiger partial charge on any atom is 0.264 e. The summed E-state index contributed by atoms with van der Waals surface area (Å²) >= 11 is 6.13. The second-order valence-electron chi connectivity index (χ2n) is 8.34. The molecule has 0 aromatic heterocycles. The number of benzene rings is 3. The van der Waals surface area contributed by atoms with Gasteiger partial charge in [0.1, 0.15) is 12.3 Å². The third kappa shape index (κ3) is 5.21. The lowest BCUT2D eigenvalue weighted by Crippen LogP contribution is -2.41. The largest absolute Gasteiger partial charge is 0.497 e. The van der Waals surface area contributed by atoms with Crippen molar-refractivity contribution in [1.82, 2.24) is 5.32 Å². The van der Waals surface area contributed by atoms with Crippen LogP contribution in [-0.2, 0) is 27.7 Å². The Hall–Kier alpha value is -3.03. The molecule has 1 aliphatic carbocycles. The molecule has 0 saturated carbocycles. The summed E-state index contributed by atoms with van der Waals surface area (Å²) in [5, 5.41) is 3.32. The molecule has 0 heterocycles. The van der Waals surface area contributed by atoms with E-state index in [2.05, 4.69) is 17.4 Å². The van der Waals surface area contributed by atoms with E-state index in [9.17, 15) is 13.2 Å². The van der Waals surface area contributed by atoms with Gasteiger partial charge in [-0.1, -0.05) is 35.9 Å². The smallest absolute Gasteiger partial charge is 0.264 e. The highest BCUT2D eigenvalue weighted by atomic mass is 35.5. The van der Waals surface area contributed by atoms with E-state index in [0.717, 1.165) is 29.1 Å². The second kappa shape index (κ2) is 10.1. The zero-order chi connectivity index (χ0) is 24.3. The number of halogens is 1. The first-order valence-electron chi connectivity index (χ1n) is 11.1. The third-order valence-corrected chi connectivity index (χ3v) is 8.05. The number of sulfonamides is 1. The average Bonchev–Trinajstić information content (AvgIpc) is 3.30. The fraction of sp³-hybridized carbons (Fsp3) is 0.269. The normalized spacial score (nSPS) is 13.7. The van der Waals surface area contributed by atoms with Gasteiger partial charge in [-0.15, -0.1) is 0 Å². The summed E-state index contributed by atoms with van der Waals surface area (Å²) in [5.74, 6) is 0.124. The van der Waals surface area contributed by atoms with Crippen LogP contribution in [0.3, 0.4) is 0 Å². The highest BCUT2D eigenvalue weighted by Gasteiger charge is 2.28. The second-order valence-corrected chi connectivity index (χ2v) is 10.6. The number of anilines is 1. The van der Waals surface area contributed by atoms with Gasteiger partial charge < -0.3 is 10.1 Å². The van der Waals surface area contributed by atoms with Crippen molar-refractivity contribution in [2.45, 2.75) is 37.1 Å². The number of fused-ring (bicyclic) bond motifs is 1. The van der Waals surface area contributed by atoms with E-state index in [4.69, 9.17) is 16.3 Å². The number of nitrogens with one attached hydrogen (secondary N) is 1. The molecule has 0 aliphatic heterocycles. The summed E-state index contributed by atoms with van der Waals surface area (Å²) in [6.45, 7) is 1.51. The molecule has 1 amide bonds. The fourth-order valence-electron chi connectivity index (χ4n) is 4.18. The van der Waals surface area contributed by atoms with Crippen LogP contribution in [-0.4, -0.2) is 28.0 Å². The molecule has 0 unspecified atom stereocenters. The first-order valence-corrected chi connectivity index (χ1v) is 12.9. The molecule has 0 fully saturated rings. The topological polar surface area (TPSA) is 75.7 Å². The minimum absolute atomic E-state index is 0.0488. The number of aryl methyl sites for hydroxylation is 2. The molecule has 0 saturated heterocycles. The molecule has 1 N–H and O–H groups in total. The predicted molar refractivity (Wildman–Crippen MR) is 134 cm³/mol. The van der Waals surface area contributed by atoms with Crippen LogP contribution in [0.1, 0.15) is 36.1 Å². The number of carbonyl (C=O) groups excluding carboxylic acids is 1. The van der Waals surface area contributed by atoms with E-state index in [1.807, 2.05) is 13.0 Å². The Bertz CT molecular complexity index is 1290. The van der Waals surface area contributed by atoms with E-state index < -0.39 is 15.9 Å². The van der Waals surface area contributed by atoms with Crippen LogP contribution < -0.4 is 14.4 Å². The third-order valence-electron chi connectivity index (χ3n) is 6.03. The standard InChI is InChI=1S/C26H27ClN2O4S/c1-18(20-10-9-19-5-3-6-21(19)15-20)28-26(30)17-29(23-8-4-7-22(27)16-23)34(31,32)25-13-11-24(33-2)12-14-25/h4,7-16,18H,3,5-6,17H2,1-2H3,(H,28,30)/t18-/m1/s1. The quantitative estimate of drug-likeness (QED) is 0.478. The summed E-state index contributed by atoms with van der Waals surface area (Å²) in [4.78, 5) is 13.1. The van der Waals surface area contributed by atoms with Gasteiger partial charge in [-0.2, -0.15) is 0 Å². The molecule has 8 heteroatoms. The van der Waals surface area contributed by atoms with Gasteiger partial charge in [0.05, 0.1) is 23.7 Å². The van der Waals surface area contributed by atoms with Gasteiger partial charge in [0, 0.05) is 5.02 Å². The van der Waals surface area contributed by atoms with Crippen LogP contribution in [0.2, 0.25) is 5.02 Å².